The van der Waals surface area contributed by atoms with Crippen LogP contribution in [0.15, 0.2) is 17.1 Å². The van der Waals surface area contributed by atoms with Crippen LogP contribution in [0, 0.1) is 0 Å². The van der Waals surface area contributed by atoms with E-state index in [0.717, 1.165) is 11.3 Å². The van der Waals surface area contributed by atoms with Gasteiger partial charge in [-0.2, -0.15) is 0 Å². The third-order valence-electron chi connectivity index (χ3n) is 2.88. The first-order valence-electron chi connectivity index (χ1n) is 5.56. The van der Waals surface area contributed by atoms with Crippen LogP contribution in [0.25, 0.3) is 0 Å². The van der Waals surface area contributed by atoms with Gasteiger partial charge in [0.1, 0.15) is 5.75 Å². The fraction of sp³-hybridized carbons (Fsp3) is 0.417. The van der Waals surface area contributed by atoms with Crippen molar-refractivity contribution in [1.82, 2.24) is 5.32 Å². The van der Waals surface area contributed by atoms with Crippen molar-refractivity contribution in [1.29, 1.82) is 0 Å². The normalized spacial score (nSPS) is 17.9. The first kappa shape index (κ1) is 12.3. The summed E-state index contributed by atoms with van der Waals surface area (Å²) in [5.41, 5.74) is 6.57. The number of hydrogen-bond acceptors (Lipinski definition) is 6. The number of aliphatic imine (C=N–C) groups is 1. The SMILES string of the molecule is COc1cc(OC)c(C2CN=C(N)N2)cc1OC. The number of nitrogens with zero attached hydrogens (tertiary/aromatic N) is 1. The van der Waals surface area contributed by atoms with Gasteiger partial charge in [-0.3, -0.25) is 4.99 Å². The molecule has 18 heavy (non-hydrogen) atoms. The maximum atomic E-state index is 5.62. The van der Waals surface area contributed by atoms with Gasteiger partial charge in [-0.25, -0.2) is 0 Å². The molecule has 1 aliphatic heterocycles. The highest BCUT2D eigenvalue weighted by molar-refractivity contribution is 5.80. The van der Waals surface area contributed by atoms with E-state index in [1.54, 1.807) is 27.4 Å². The minimum atomic E-state index is -0.000226. The van der Waals surface area contributed by atoms with Crippen LogP contribution >= 0.6 is 0 Å². The molecule has 0 radical (unpaired) electrons. The molecule has 6 heteroatoms. The van der Waals surface area contributed by atoms with Crippen molar-refractivity contribution in [3.8, 4) is 17.2 Å². The minimum absolute atomic E-state index is 0.000226. The number of guanidine groups is 1. The van der Waals surface area contributed by atoms with Gasteiger partial charge in [-0.15, -0.1) is 0 Å². The van der Waals surface area contributed by atoms with Crippen LogP contribution in [0.5, 0.6) is 17.2 Å². The monoisotopic (exact) mass is 251 g/mol. The summed E-state index contributed by atoms with van der Waals surface area (Å²) < 4.78 is 15.9. The van der Waals surface area contributed by atoms with Crippen LogP contribution < -0.4 is 25.3 Å². The predicted octanol–water partition coefficient (Wildman–Crippen LogP) is 0.671. The lowest BCUT2D eigenvalue weighted by atomic mass is 10.1. The van der Waals surface area contributed by atoms with E-state index >= 15 is 0 Å². The molecule has 2 rings (SSSR count). The molecule has 0 aromatic heterocycles. The Kier molecular flexibility index (Phi) is 3.45. The Morgan fingerprint density at radius 1 is 1.11 bits per heavy atom. The fourth-order valence-electron chi connectivity index (χ4n) is 1.96. The summed E-state index contributed by atoms with van der Waals surface area (Å²) in [7, 11) is 4.80. The molecule has 6 nitrogen and oxygen atoms in total. The van der Waals surface area contributed by atoms with Gasteiger partial charge in [0, 0.05) is 11.6 Å². The molecule has 1 aromatic rings. The molecule has 3 N–H and O–H groups in total. The molecule has 0 fully saturated rings. The standard InChI is InChI=1S/C12H17N3O3/c1-16-9-5-11(18-3)10(17-2)4-7(9)8-6-14-12(13)15-8/h4-5,8H,6H2,1-3H3,(H3,13,14,15). The topological polar surface area (TPSA) is 78.1 Å². The first-order valence-corrected chi connectivity index (χ1v) is 5.56. The van der Waals surface area contributed by atoms with Crippen LogP contribution in [0.2, 0.25) is 0 Å². The number of rotatable bonds is 4. The van der Waals surface area contributed by atoms with Gasteiger partial charge in [0.2, 0.25) is 0 Å². The van der Waals surface area contributed by atoms with E-state index in [1.807, 2.05) is 6.07 Å². The van der Waals surface area contributed by atoms with Gasteiger partial charge in [0.05, 0.1) is 33.9 Å². The summed E-state index contributed by atoms with van der Waals surface area (Å²) in [5, 5.41) is 3.09. The Morgan fingerprint density at radius 2 is 1.72 bits per heavy atom. The molecule has 0 spiro atoms. The van der Waals surface area contributed by atoms with Crippen LogP contribution in [0.3, 0.4) is 0 Å². The molecule has 1 unspecified atom stereocenters. The second-order valence-corrected chi connectivity index (χ2v) is 3.87. The zero-order valence-electron chi connectivity index (χ0n) is 10.7. The Labute approximate surface area is 106 Å². The number of benzene rings is 1. The van der Waals surface area contributed by atoms with Crippen molar-refractivity contribution in [2.24, 2.45) is 10.7 Å². The van der Waals surface area contributed by atoms with Crippen molar-refractivity contribution in [2.45, 2.75) is 6.04 Å². The molecule has 98 valence electrons. The molecular weight excluding hydrogens is 234 g/mol. The zero-order valence-corrected chi connectivity index (χ0v) is 10.7. The highest BCUT2D eigenvalue weighted by atomic mass is 16.5. The molecule has 1 aliphatic rings. The van der Waals surface area contributed by atoms with Crippen molar-refractivity contribution in [3.05, 3.63) is 17.7 Å². The van der Waals surface area contributed by atoms with E-state index in [-0.39, 0.29) is 6.04 Å². The average Bonchev–Trinajstić information content (AvgIpc) is 2.83. The number of nitrogens with one attached hydrogen (secondary N) is 1. The van der Waals surface area contributed by atoms with E-state index in [9.17, 15) is 0 Å². The van der Waals surface area contributed by atoms with Gasteiger partial charge in [-0.05, 0) is 6.07 Å². The lowest BCUT2D eigenvalue weighted by Crippen LogP contribution is -2.29. The molecule has 0 amide bonds. The molecule has 0 aliphatic carbocycles. The summed E-state index contributed by atoms with van der Waals surface area (Å²) in [6, 6.07) is 3.67. The van der Waals surface area contributed by atoms with Gasteiger partial charge in [-0.1, -0.05) is 0 Å². The number of hydrogen-bond donors (Lipinski definition) is 2. The maximum Gasteiger partial charge on any atom is 0.189 e. The summed E-state index contributed by atoms with van der Waals surface area (Å²) in [6.45, 7) is 0.581. The minimum Gasteiger partial charge on any atom is -0.496 e. The molecule has 1 heterocycles. The van der Waals surface area contributed by atoms with E-state index in [2.05, 4.69) is 10.3 Å². The summed E-state index contributed by atoms with van der Waals surface area (Å²) in [6.07, 6.45) is 0. The van der Waals surface area contributed by atoms with Gasteiger partial charge in [0.15, 0.2) is 17.5 Å². The number of nitrogens with two attached hydrogens (primary N) is 1. The highest BCUT2D eigenvalue weighted by Gasteiger charge is 2.23. The quantitative estimate of drug-likeness (QED) is 0.822. The predicted molar refractivity (Wildman–Crippen MR) is 68.5 cm³/mol. The number of ether oxygens (including phenoxy) is 3. The second kappa shape index (κ2) is 5.03. The molecule has 1 atom stereocenters. The van der Waals surface area contributed by atoms with Crippen LogP contribution in [-0.4, -0.2) is 33.8 Å². The summed E-state index contributed by atoms with van der Waals surface area (Å²) >= 11 is 0. The molecule has 1 aromatic carbocycles. The lowest BCUT2D eigenvalue weighted by molar-refractivity contribution is 0.346. The van der Waals surface area contributed by atoms with Crippen molar-refractivity contribution >= 4 is 5.96 Å². The molecule has 0 bridgehead atoms. The van der Waals surface area contributed by atoms with Crippen LogP contribution in [0.1, 0.15) is 11.6 Å². The smallest absolute Gasteiger partial charge is 0.189 e. The van der Waals surface area contributed by atoms with Gasteiger partial charge >= 0.3 is 0 Å². The fourth-order valence-corrected chi connectivity index (χ4v) is 1.96. The molecule has 0 saturated carbocycles. The molecule has 0 saturated heterocycles. The van der Waals surface area contributed by atoms with E-state index < -0.39 is 0 Å². The average molecular weight is 251 g/mol. The third-order valence-corrected chi connectivity index (χ3v) is 2.88. The van der Waals surface area contributed by atoms with Crippen LogP contribution in [-0.2, 0) is 0 Å². The molecular formula is C12H17N3O3. The van der Waals surface area contributed by atoms with Crippen molar-refractivity contribution in [2.75, 3.05) is 27.9 Å². The van der Waals surface area contributed by atoms with E-state index in [0.29, 0.717) is 24.0 Å². The number of methoxy groups -OCH3 is 3. The van der Waals surface area contributed by atoms with E-state index in [1.165, 1.54) is 0 Å². The van der Waals surface area contributed by atoms with Gasteiger partial charge < -0.3 is 25.3 Å². The Hall–Kier alpha value is -2.11. The second-order valence-electron chi connectivity index (χ2n) is 3.87. The Morgan fingerprint density at radius 3 is 2.22 bits per heavy atom. The van der Waals surface area contributed by atoms with Crippen molar-refractivity contribution < 1.29 is 14.2 Å². The Balaban J connectivity index is 2.39. The van der Waals surface area contributed by atoms with Gasteiger partial charge in [0.25, 0.3) is 0 Å². The van der Waals surface area contributed by atoms with E-state index in [4.69, 9.17) is 19.9 Å². The lowest BCUT2D eigenvalue weighted by Gasteiger charge is -2.18. The third kappa shape index (κ3) is 2.13. The van der Waals surface area contributed by atoms with Crippen molar-refractivity contribution in [3.63, 3.8) is 0 Å². The highest BCUT2D eigenvalue weighted by Crippen LogP contribution is 2.38. The first-order chi connectivity index (χ1) is 8.69. The maximum absolute atomic E-state index is 5.62. The summed E-state index contributed by atoms with van der Waals surface area (Å²) in [5.74, 6) is 2.44. The largest absolute Gasteiger partial charge is 0.496 e. The summed E-state index contributed by atoms with van der Waals surface area (Å²) in [4.78, 5) is 4.12. The Bertz CT molecular complexity index is 474. The zero-order chi connectivity index (χ0) is 13.1. The van der Waals surface area contributed by atoms with Crippen LogP contribution in [0.4, 0.5) is 0 Å².